The molecule has 2 aliphatic heterocycles. The monoisotopic (exact) mass is 463 g/mol. The number of hydrogen-bond donors (Lipinski definition) is 0. The topological polar surface area (TPSA) is 84.6 Å². The summed E-state index contributed by atoms with van der Waals surface area (Å²) in [5.41, 5.74) is -0.236. The lowest BCUT2D eigenvalue weighted by molar-refractivity contribution is -0.159. The molecule has 0 bridgehead atoms. The van der Waals surface area contributed by atoms with Crippen molar-refractivity contribution in [2.75, 3.05) is 29.4 Å². The number of aromatic nitrogens is 3. The minimum absolute atomic E-state index is 0.189. The highest BCUT2D eigenvalue weighted by Gasteiger charge is 2.48. The predicted molar refractivity (Wildman–Crippen MR) is 107 cm³/mol. The van der Waals surface area contributed by atoms with Crippen LogP contribution in [0.5, 0.6) is 0 Å². The van der Waals surface area contributed by atoms with Gasteiger partial charge in [-0.05, 0) is 24.3 Å². The summed E-state index contributed by atoms with van der Waals surface area (Å²) < 4.78 is 62.0. The molecule has 4 heterocycles. The van der Waals surface area contributed by atoms with Crippen LogP contribution in [0.4, 0.5) is 33.9 Å². The molecule has 2 aliphatic rings. The van der Waals surface area contributed by atoms with E-state index in [1.54, 1.807) is 24.3 Å². The Morgan fingerprint density at radius 1 is 1.06 bits per heavy atom. The second kappa shape index (κ2) is 7.71. The van der Waals surface area contributed by atoms with Crippen LogP contribution in [0.25, 0.3) is 11.4 Å². The molecule has 33 heavy (non-hydrogen) atoms. The minimum Gasteiger partial charge on any atom is -0.440 e. The van der Waals surface area contributed by atoms with Crippen LogP contribution in [0.2, 0.25) is 0 Å². The zero-order chi connectivity index (χ0) is 23.2. The van der Waals surface area contributed by atoms with E-state index < -0.39 is 29.6 Å². The van der Waals surface area contributed by atoms with Crippen molar-refractivity contribution in [1.29, 1.82) is 0 Å². The van der Waals surface area contributed by atoms with Gasteiger partial charge < -0.3 is 14.2 Å². The Balaban J connectivity index is 1.25. The number of nitrogens with zero attached hydrogens (tertiary/aromatic N) is 5. The molecule has 0 aliphatic carbocycles. The number of carbonyl (C=O) groups is 1. The van der Waals surface area contributed by atoms with Crippen molar-refractivity contribution < 1.29 is 31.6 Å². The van der Waals surface area contributed by atoms with Crippen LogP contribution in [0, 0.1) is 5.82 Å². The first kappa shape index (κ1) is 21.2. The van der Waals surface area contributed by atoms with E-state index in [2.05, 4.69) is 19.6 Å². The summed E-state index contributed by atoms with van der Waals surface area (Å²) in [6.07, 6.45) is -2.87. The van der Waals surface area contributed by atoms with Gasteiger partial charge in [-0.25, -0.2) is 14.2 Å². The molecular formula is C21H17F4N5O3. The van der Waals surface area contributed by atoms with Crippen LogP contribution in [0.3, 0.4) is 0 Å². The van der Waals surface area contributed by atoms with Crippen LogP contribution in [-0.2, 0) is 10.9 Å². The van der Waals surface area contributed by atoms with Gasteiger partial charge in [0.2, 0.25) is 5.82 Å². The summed E-state index contributed by atoms with van der Waals surface area (Å²) in [6.45, 7) is 1.32. The Morgan fingerprint density at radius 2 is 1.82 bits per heavy atom. The van der Waals surface area contributed by atoms with Gasteiger partial charge in [0.15, 0.2) is 0 Å². The predicted octanol–water partition coefficient (Wildman–Crippen LogP) is 4.29. The van der Waals surface area contributed by atoms with Gasteiger partial charge in [0.05, 0.1) is 12.2 Å². The summed E-state index contributed by atoms with van der Waals surface area (Å²) in [4.78, 5) is 23.4. The van der Waals surface area contributed by atoms with Crippen molar-refractivity contribution >= 4 is 17.6 Å². The standard InChI is InChI=1S/C21H17F4N5O3/c22-14-3-1-2-4-15(14)30-12-20(32-19(30)31)7-9-29(10-8-20)16-6-5-13(11-26-16)17-27-18(33-28-17)21(23,24)25/h1-6,11H,7-10,12H2. The average Bonchev–Trinajstić information content (AvgIpc) is 3.41. The number of pyridine rings is 1. The Hall–Kier alpha value is -3.70. The van der Waals surface area contributed by atoms with Crippen LogP contribution < -0.4 is 9.80 Å². The Morgan fingerprint density at radius 3 is 2.45 bits per heavy atom. The first-order valence-corrected chi connectivity index (χ1v) is 10.1. The number of anilines is 2. The summed E-state index contributed by atoms with van der Waals surface area (Å²) in [6, 6.07) is 9.27. The molecule has 1 amide bonds. The highest BCUT2D eigenvalue weighted by atomic mass is 19.4. The van der Waals surface area contributed by atoms with Crippen molar-refractivity contribution in [3.63, 3.8) is 0 Å². The van der Waals surface area contributed by atoms with Gasteiger partial charge in [-0.1, -0.05) is 17.3 Å². The lowest BCUT2D eigenvalue weighted by Crippen LogP contribution is -2.47. The van der Waals surface area contributed by atoms with E-state index in [0.717, 1.165) is 0 Å². The molecule has 2 saturated heterocycles. The molecule has 0 saturated carbocycles. The Labute approximate surface area is 184 Å². The summed E-state index contributed by atoms with van der Waals surface area (Å²) in [7, 11) is 0. The third-order valence-electron chi connectivity index (χ3n) is 5.79. The van der Waals surface area contributed by atoms with Gasteiger partial charge in [0.1, 0.15) is 17.2 Å². The fourth-order valence-electron chi connectivity index (χ4n) is 4.04. The number of alkyl halides is 3. The van der Waals surface area contributed by atoms with Crippen LogP contribution in [-0.4, -0.2) is 46.5 Å². The maximum Gasteiger partial charge on any atom is 0.471 e. The lowest BCUT2D eigenvalue weighted by atomic mass is 9.91. The van der Waals surface area contributed by atoms with E-state index >= 15 is 0 Å². The molecule has 0 radical (unpaired) electrons. The second-order valence-electron chi connectivity index (χ2n) is 7.90. The number of halogens is 4. The van der Waals surface area contributed by atoms with Gasteiger partial charge in [-0.3, -0.25) is 4.90 Å². The lowest BCUT2D eigenvalue weighted by Gasteiger charge is -2.38. The fraction of sp³-hybridized carbons (Fsp3) is 0.333. The Bertz CT molecular complexity index is 1170. The molecule has 0 atom stereocenters. The molecule has 3 aromatic rings. The molecule has 2 aromatic heterocycles. The highest BCUT2D eigenvalue weighted by molar-refractivity contribution is 5.90. The minimum atomic E-state index is -4.71. The van der Waals surface area contributed by atoms with Gasteiger partial charge >= 0.3 is 18.2 Å². The third-order valence-corrected chi connectivity index (χ3v) is 5.79. The maximum absolute atomic E-state index is 14.1. The first-order valence-electron chi connectivity index (χ1n) is 10.1. The van der Waals surface area contributed by atoms with Crippen LogP contribution in [0.1, 0.15) is 18.7 Å². The van der Waals surface area contributed by atoms with Crippen molar-refractivity contribution in [2.24, 2.45) is 0 Å². The number of ether oxygens (including phenoxy) is 1. The van der Waals surface area contributed by atoms with Crippen molar-refractivity contribution in [1.82, 2.24) is 15.1 Å². The second-order valence-corrected chi connectivity index (χ2v) is 7.90. The molecule has 1 aromatic carbocycles. The number of amides is 1. The maximum atomic E-state index is 14.1. The number of piperidine rings is 1. The van der Waals surface area contributed by atoms with Crippen molar-refractivity contribution in [3.8, 4) is 11.4 Å². The molecule has 0 N–H and O–H groups in total. The van der Waals surface area contributed by atoms with E-state index in [9.17, 15) is 22.4 Å². The summed E-state index contributed by atoms with van der Waals surface area (Å²) in [5, 5.41) is 3.35. The molecular weight excluding hydrogens is 446 g/mol. The molecule has 2 fully saturated rings. The normalized spacial score (nSPS) is 18.1. The SMILES string of the molecule is O=C1OC2(CCN(c3ccc(-c4noc(C(F)(F)F)n4)cn3)CC2)CN1c1ccccc1F. The molecule has 0 unspecified atom stereocenters. The highest BCUT2D eigenvalue weighted by Crippen LogP contribution is 2.37. The zero-order valence-corrected chi connectivity index (χ0v) is 17.0. The average molecular weight is 463 g/mol. The van der Waals surface area contributed by atoms with Crippen molar-refractivity contribution in [2.45, 2.75) is 24.6 Å². The number of benzene rings is 1. The van der Waals surface area contributed by atoms with Gasteiger partial charge in [0.25, 0.3) is 0 Å². The summed E-state index contributed by atoms with van der Waals surface area (Å²) >= 11 is 0. The van der Waals surface area contributed by atoms with Gasteiger partial charge in [-0.15, -0.1) is 0 Å². The molecule has 8 nitrogen and oxygen atoms in total. The van der Waals surface area contributed by atoms with E-state index in [1.165, 1.54) is 23.2 Å². The van der Waals surface area contributed by atoms with E-state index in [-0.39, 0.29) is 23.6 Å². The van der Waals surface area contributed by atoms with E-state index in [0.29, 0.717) is 31.7 Å². The smallest absolute Gasteiger partial charge is 0.440 e. The largest absolute Gasteiger partial charge is 0.471 e. The van der Waals surface area contributed by atoms with E-state index in [4.69, 9.17) is 4.74 Å². The van der Waals surface area contributed by atoms with Gasteiger partial charge in [0, 0.05) is 37.7 Å². The molecule has 5 rings (SSSR count). The van der Waals surface area contributed by atoms with Gasteiger partial charge in [-0.2, -0.15) is 18.2 Å². The van der Waals surface area contributed by atoms with E-state index in [1.807, 2.05) is 4.90 Å². The molecule has 172 valence electrons. The summed E-state index contributed by atoms with van der Waals surface area (Å²) in [5.74, 6) is -1.50. The molecule has 12 heteroatoms. The third kappa shape index (κ3) is 3.96. The zero-order valence-electron chi connectivity index (χ0n) is 17.0. The van der Waals surface area contributed by atoms with Crippen LogP contribution in [0.15, 0.2) is 47.1 Å². The van der Waals surface area contributed by atoms with Crippen LogP contribution >= 0.6 is 0 Å². The fourth-order valence-corrected chi connectivity index (χ4v) is 4.04. The number of carbonyl (C=O) groups excluding carboxylic acids is 1. The Kier molecular flexibility index (Phi) is 4.94. The quantitative estimate of drug-likeness (QED) is 0.536. The number of rotatable bonds is 3. The number of para-hydroxylation sites is 1. The number of hydrogen-bond acceptors (Lipinski definition) is 7. The molecule has 1 spiro atoms. The van der Waals surface area contributed by atoms with Crippen molar-refractivity contribution in [3.05, 3.63) is 54.3 Å². The first-order chi connectivity index (χ1) is 15.7.